The quantitative estimate of drug-likeness (QED) is 0.864. The third kappa shape index (κ3) is 3.09. The lowest BCUT2D eigenvalue weighted by molar-refractivity contribution is -0.129. The first-order valence-corrected chi connectivity index (χ1v) is 7.96. The van der Waals surface area contributed by atoms with Gasteiger partial charge in [0.05, 0.1) is 5.56 Å². The molecular weight excluding hydrogens is 315 g/mol. The monoisotopic (exact) mass is 330 g/mol. The lowest BCUT2D eigenvalue weighted by Crippen LogP contribution is -2.50. The molecule has 0 radical (unpaired) electrons. The summed E-state index contributed by atoms with van der Waals surface area (Å²) in [5.74, 6) is -2.49. The molecule has 0 saturated carbocycles. The predicted octanol–water partition coefficient (Wildman–Crippen LogP) is 0.377. The van der Waals surface area contributed by atoms with Gasteiger partial charge in [0.2, 0.25) is 15.9 Å². The second-order valence-electron chi connectivity index (χ2n) is 4.86. The van der Waals surface area contributed by atoms with Gasteiger partial charge in [-0.2, -0.15) is 4.31 Å². The van der Waals surface area contributed by atoms with Crippen molar-refractivity contribution < 1.29 is 27.5 Å². The second kappa shape index (κ2) is 6.01. The van der Waals surface area contributed by atoms with Gasteiger partial charge in [-0.1, -0.05) is 0 Å². The highest BCUT2D eigenvalue weighted by atomic mass is 32.2. The molecule has 1 amide bonds. The Morgan fingerprint density at radius 1 is 1.18 bits per heavy atom. The second-order valence-corrected chi connectivity index (χ2v) is 6.77. The summed E-state index contributed by atoms with van der Waals surface area (Å²) in [4.78, 5) is 23.0. The van der Waals surface area contributed by atoms with Gasteiger partial charge in [0.15, 0.2) is 0 Å². The van der Waals surface area contributed by atoms with E-state index in [1.165, 1.54) is 11.8 Å². The van der Waals surface area contributed by atoms with Crippen LogP contribution in [0.1, 0.15) is 17.3 Å². The Balaban J connectivity index is 2.30. The number of sulfonamides is 1. The zero-order valence-corrected chi connectivity index (χ0v) is 12.6. The number of amides is 1. The van der Waals surface area contributed by atoms with Crippen LogP contribution < -0.4 is 0 Å². The number of benzene rings is 1. The van der Waals surface area contributed by atoms with Gasteiger partial charge in [0.1, 0.15) is 10.7 Å². The summed E-state index contributed by atoms with van der Waals surface area (Å²) >= 11 is 0. The largest absolute Gasteiger partial charge is 0.478 e. The summed E-state index contributed by atoms with van der Waals surface area (Å²) < 4.78 is 39.8. The van der Waals surface area contributed by atoms with E-state index in [9.17, 15) is 22.4 Å². The highest BCUT2D eigenvalue weighted by molar-refractivity contribution is 7.89. The Hall–Kier alpha value is -2.00. The van der Waals surface area contributed by atoms with E-state index in [1.807, 2.05) is 0 Å². The topological polar surface area (TPSA) is 95.0 Å². The SMILES string of the molecule is CC(=O)N1CCN(S(=O)(=O)c2cc(C(=O)O)ccc2F)CC1. The number of rotatable bonds is 3. The summed E-state index contributed by atoms with van der Waals surface area (Å²) in [6.07, 6.45) is 0. The van der Waals surface area contributed by atoms with Gasteiger partial charge in [0.25, 0.3) is 0 Å². The lowest BCUT2D eigenvalue weighted by Gasteiger charge is -2.33. The standard InChI is InChI=1S/C13H15FN2O5S/c1-9(17)15-4-6-16(7-5-15)22(20,21)12-8-10(13(18)19)2-3-11(12)14/h2-3,8H,4-7H2,1H3,(H,18,19). The van der Waals surface area contributed by atoms with E-state index in [4.69, 9.17) is 5.11 Å². The molecule has 7 nitrogen and oxygen atoms in total. The summed E-state index contributed by atoms with van der Waals surface area (Å²) in [6, 6.07) is 2.64. The summed E-state index contributed by atoms with van der Waals surface area (Å²) in [5, 5.41) is 8.90. The molecule has 22 heavy (non-hydrogen) atoms. The molecule has 0 unspecified atom stereocenters. The highest BCUT2D eigenvalue weighted by Crippen LogP contribution is 2.22. The van der Waals surface area contributed by atoms with Crippen molar-refractivity contribution in [3.63, 3.8) is 0 Å². The number of nitrogens with zero attached hydrogens (tertiary/aromatic N) is 2. The van der Waals surface area contributed by atoms with E-state index in [2.05, 4.69) is 0 Å². The Kier molecular flexibility index (Phi) is 4.47. The molecule has 1 N–H and O–H groups in total. The zero-order chi connectivity index (χ0) is 16.5. The van der Waals surface area contributed by atoms with E-state index >= 15 is 0 Å². The van der Waals surface area contributed by atoms with Gasteiger partial charge in [-0.05, 0) is 18.2 Å². The van der Waals surface area contributed by atoms with Crippen LogP contribution in [0, 0.1) is 5.82 Å². The molecule has 1 aliphatic heterocycles. The molecule has 1 aromatic rings. The molecule has 0 spiro atoms. The average Bonchev–Trinajstić information content (AvgIpc) is 2.47. The third-order valence-corrected chi connectivity index (χ3v) is 5.39. The van der Waals surface area contributed by atoms with Crippen LogP contribution in [-0.2, 0) is 14.8 Å². The van der Waals surface area contributed by atoms with Gasteiger partial charge < -0.3 is 10.0 Å². The smallest absolute Gasteiger partial charge is 0.335 e. The third-order valence-electron chi connectivity index (χ3n) is 3.48. The Morgan fingerprint density at radius 3 is 2.27 bits per heavy atom. The highest BCUT2D eigenvalue weighted by Gasteiger charge is 2.31. The molecule has 1 aliphatic rings. The number of carbonyl (C=O) groups excluding carboxylic acids is 1. The van der Waals surface area contributed by atoms with Crippen LogP contribution in [0.5, 0.6) is 0 Å². The molecule has 0 atom stereocenters. The van der Waals surface area contributed by atoms with E-state index in [0.717, 1.165) is 22.5 Å². The summed E-state index contributed by atoms with van der Waals surface area (Å²) in [5.41, 5.74) is -0.303. The minimum atomic E-state index is -4.14. The average molecular weight is 330 g/mol. The first kappa shape index (κ1) is 16.4. The maximum absolute atomic E-state index is 13.8. The number of halogens is 1. The van der Waals surface area contributed by atoms with E-state index in [1.54, 1.807) is 0 Å². The number of carbonyl (C=O) groups is 2. The summed E-state index contributed by atoms with van der Waals surface area (Å²) in [7, 11) is -4.14. The van der Waals surface area contributed by atoms with E-state index in [-0.39, 0.29) is 37.6 Å². The van der Waals surface area contributed by atoms with Crippen LogP contribution in [-0.4, -0.2) is 60.8 Å². The minimum Gasteiger partial charge on any atom is -0.478 e. The molecule has 120 valence electrons. The molecule has 1 saturated heterocycles. The van der Waals surface area contributed by atoms with Gasteiger partial charge >= 0.3 is 5.97 Å². The van der Waals surface area contributed by atoms with Crippen LogP contribution in [0.15, 0.2) is 23.1 Å². The van der Waals surface area contributed by atoms with Crippen LogP contribution in [0.2, 0.25) is 0 Å². The number of piperazine rings is 1. The maximum Gasteiger partial charge on any atom is 0.335 e. The van der Waals surface area contributed by atoms with Crippen molar-refractivity contribution in [3.8, 4) is 0 Å². The molecule has 0 bridgehead atoms. The van der Waals surface area contributed by atoms with Crippen LogP contribution in [0.3, 0.4) is 0 Å². The van der Waals surface area contributed by atoms with Crippen molar-refractivity contribution in [2.24, 2.45) is 0 Å². The number of carboxylic acids is 1. The molecular formula is C13H15FN2O5S. The molecule has 0 aliphatic carbocycles. The zero-order valence-electron chi connectivity index (χ0n) is 11.8. The first-order chi connectivity index (χ1) is 10.2. The minimum absolute atomic E-state index is 0.0403. The van der Waals surface area contributed by atoms with Crippen molar-refractivity contribution in [1.29, 1.82) is 0 Å². The lowest BCUT2D eigenvalue weighted by atomic mass is 10.2. The van der Waals surface area contributed by atoms with Crippen molar-refractivity contribution >= 4 is 21.9 Å². The van der Waals surface area contributed by atoms with Gasteiger partial charge in [-0.15, -0.1) is 0 Å². The molecule has 1 fully saturated rings. The van der Waals surface area contributed by atoms with Crippen molar-refractivity contribution in [2.45, 2.75) is 11.8 Å². The number of hydrogen-bond donors (Lipinski definition) is 1. The van der Waals surface area contributed by atoms with Crippen molar-refractivity contribution in [2.75, 3.05) is 26.2 Å². The van der Waals surface area contributed by atoms with Crippen LogP contribution in [0.25, 0.3) is 0 Å². The van der Waals surface area contributed by atoms with Gasteiger partial charge in [0, 0.05) is 33.1 Å². The van der Waals surface area contributed by atoms with Crippen LogP contribution in [0.4, 0.5) is 4.39 Å². The predicted molar refractivity (Wildman–Crippen MR) is 74.4 cm³/mol. The van der Waals surface area contributed by atoms with E-state index in [0.29, 0.717) is 0 Å². The Bertz CT molecular complexity index is 711. The van der Waals surface area contributed by atoms with Gasteiger partial charge in [-0.3, -0.25) is 4.79 Å². The molecule has 2 rings (SSSR count). The Morgan fingerprint density at radius 2 is 1.77 bits per heavy atom. The fraction of sp³-hybridized carbons (Fsp3) is 0.385. The molecule has 1 aromatic carbocycles. The number of carboxylic acid groups (broad SMARTS) is 1. The fourth-order valence-corrected chi connectivity index (χ4v) is 3.73. The van der Waals surface area contributed by atoms with Crippen LogP contribution >= 0.6 is 0 Å². The normalized spacial score (nSPS) is 16.5. The molecule has 1 heterocycles. The van der Waals surface area contributed by atoms with E-state index < -0.39 is 26.7 Å². The number of aromatic carboxylic acids is 1. The van der Waals surface area contributed by atoms with Gasteiger partial charge in [-0.25, -0.2) is 17.6 Å². The maximum atomic E-state index is 13.8. The van der Waals surface area contributed by atoms with Crippen molar-refractivity contribution in [3.05, 3.63) is 29.6 Å². The first-order valence-electron chi connectivity index (χ1n) is 6.52. The summed E-state index contributed by atoms with van der Waals surface area (Å²) in [6.45, 7) is 1.90. The Labute approximate surface area is 127 Å². The van der Waals surface area contributed by atoms with Crippen molar-refractivity contribution in [1.82, 2.24) is 9.21 Å². The molecule has 9 heteroatoms. The fourth-order valence-electron chi connectivity index (χ4n) is 2.22. The number of hydrogen-bond acceptors (Lipinski definition) is 4. The molecule has 0 aromatic heterocycles.